The third-order valence-corrected chi connectivity index (χ3v) is 9.06. The van der Waals surface area contributed by atoms with Crippen LogP contribution in [0.25, 0.3) is 0 Å². The molecule has 0 aliphatic carbocycles. The molecule has 1 aliphatic rings. The third kappa shape index (κ3) is 4.62. The SMILES string of the molecule is Cc1sc(S(=O)(=O)N2CCSCC2)cc1NC(=O)c1ccc(C(C)(C)C)cc1. The largest absolute Gasteiger partial charge is 0.321 e. The Balaban J connectivity index is 1.77. The highest BCUT2D eigenvalue weighted by molar-refractivity contribution is 7.99. The fourth-order valence-electron chi connectivity index (χ4n) is 2.94. The van der Waals surface area contributed by atoms with Crippen LogP contribution in [0.4, 0.5) is 5.69 Å². The second-order valence-electron chi connectivity index (χ2n) is 7.83. The van der Waals surface area contributed by atoms with Gasteiger partial charge in [-0.2, -0.15) is 16.1 Å². The number of carbonyl (C=O) groups is 1. The molecule has 0 spiro atoms. The zero-order chi connectivity index (χ0) is 20.5. The molecule has 0 bridgehead atoms. The number of anilines is 1. The van der Waals surface area contributed by atoms with Crippen LogP contribution in [-0.2, 0) is 15.4 Å². The summed E-state index contributed by atoms with van der Waals surface area (Å²) >= 11 is 2.97. The third-order valence-electron chi connectivity index (χ3n) is 4.72. The van der Waals surface area contributed by atoms with E-state index < -0.39 is 10.0 Å². The number of amides is 1. The van der Waals surface area contributed by atoms with E-state index in [-0.39, 0.29) is 15.5 Å². The predicted octanol–water partition coefficient (Wildman–Crippen LogP) is 4.34. The molecule has 1 fully saturated rings. The normalized spacial score (nSPS) is 16.1. The number of aryl methyl sites for hydroxylation is 1. The molecule has 2 heterocycles. The van der Waals surface area contributed by atoms with Crippen LogP contribution in [0.5, 0.6) is 0 Å². The monoisotopic (exact) mass is 438 g/mol. The summed E-state index contributed by atoms with van der Waals surface area (Å²) in [6, 6.07) is 9.11. The first-order valence-corrected chi connectivity index (χ1v) is 12.6. The highest BCUT2D eigenvalue weighted by Gasteiger charge is 2.28. The molecule has 5 nitrogen and oxygen atoms in total. The number of nitrogens with zero attached hydrogens (tertiary/aromatic N) is 1. The summed E-state index contributed by atoms with van der Waals surface area (Å²) in [5.74, 6) is 1.40. The zero-order valence-corrected chi connectivity index (χ0v) is 19.1. The van der Waals surface area contributed by atoms with Gasteiger partial charge in [0.15, 0.2) is 0 Å². The maximum Gasteiger partial charge on any atom is 0.255 e. The van der Waals surface area contributed by atoms with Crippen molar-refractivity contribution in [2.75, 3.05) is 29.9 Å². The Morgan fingerprint density at radius 2 is 1.71 bits per heavy atom. The van der Waals surface area contributed by atoms with Crippen molar-refractivity contribution >= 4 is 44.7 Å². The molecule has 152 valence electrons. The quantitative estimate of drug-likeness (QED) is 0.771. The van der Waals surface area contributed by atoms with Crippen molar-refractivity contribution < 1.29 is 13.2 Å². The lowest BCUT2D eigenvalue weighted by molar-refractivity contribution is 0.102. The number of carbonyl (C=O) groups excluding carboxylic acids is 1. The molecule has 0 radical (unpaired) electrons. The highest BCUT2D eigenvalue weighted by Crippen LogP contribution is 2.33. The predicted molar refractivity (Wildman–Crippen MR) is 118 cm³/mol. The fraction of sp³-hybridized carbons (Fsp3) is 0.450. The number of hydrogen-bond acceptors (Lipinski definition) is 5. The van der Waals surface area contributed by atoms with E-state index in [4.69, 9.17) is 0 Å². The van der Waals surface area contributed by atoms with E-state index in [1.807, 2.05) is 19.1 Å². The van der Waals surface area contributed by atoms with Gasteiger partial charge in [-0.1, -0.05) is 32.9 Å². The number of hydrogen-bond donors (Lipinski definition) is 1. The summed E-state index contributed by atoms with van der Waals surface area (Å²) in [6.45, 7) is 9.27. The molecule has 1 amide bonds. The van der Waals surface area contributed by atoms with E-state index in [2.05, 4.69) is 26.1 Å². The smallest absolute Gasteiger partial charge is 0.255 e. The van der Waals surface area contributed by atoms with Gasteiger partial charge in [-0.05, 0) is 36.1 Å². The summed E-state index contributed by atoms with van der Waals surface area (Å²) in [4.78, 5) is 13.4. The molecular weight excluding hydrogens is 412 g/mol. The molecule has 0 atom stereocenters. The van der Waals surface area contributed by atoms with Crippen molar-refractivity contribution in [2.45, 2.75) is 37.3 Å². The van der Waals surface area contributed by atoms with E-state index in [0.29, 0.717) is 24.3 Å². The van der Waals surface area contributed by atoms with E-state index in [9.17, 15) is 13.2 Å². The summed E-state index contributed by atoms with van der Waals surface area (Å²) in [7, 11) is -3.50. The van der Waals surface area contributed by atoms with Gasteiger partial charge in [0, 0.05) is 35.0 Å². The van der Waals surface area contributed by atoms with Gasteiger partial charge < -0.3 is 5.32 Å². The lowest BCUT2D eigenvalue weighted by atomic mass is 9.87. The Kier molecular flexibility index (Phi) is 6.24. The average Bonchev–Trinajstić information content (AvgIpc) is 3.03. The molecule has 28 heavy (non-hydrogen) atoms. The average molecular weight is 439 g/mol. The van der Waals surface area contributed by atoms with Crippen LogP contribution in [0.3, 0.4) is 0 Å². The lowest BCUT2D eigenvalue weighted by Crippen LogP contribution is -2.37. The molecule has 1 aromatic heterocycles. The number of sulfonamides is 1. The van der Waals surface area contributed by atoms with Gasteiger partial charge >= 0.3 is 0 Å². The molecule has 1 aromatic carbocycles. The molecule has 1 saturated heterocycles. The van der Waals surface area contributed by atoms with Gasteiger partial charge in [0.05, 0.1) is 5.69 Å². The topological polar surface area (TPSA) is 66.5 Å². The lowest BCUT2D eigenvalue weighted by Gasteiger charge is -2.24. The number of nitrogens with one attached hydrogen (secondary N) is 1. The van der Waals surface area contributed by atoms with Gasteiger partial charge in [-0.15, -0.1) is 11.3 Å². The van der Waals surface area contributed by atoms with Crippen LogP contribution in [0.15, 0.2) is 34.5 Å². The van der Waals surface area contributed by atoms with E-state index in [1.165, 1.54) is 15.6 Å². The molecule has 2 aromatic rings. The second kappa shape index (κ2) is 8.18. The summed E-state index contributed by atoms with van der Waals surface area (Å²) in [5, 5.41) is 2.86. The second-order valence-corrected chi connectivity index (χ2v) is 12.5. The number of thioether (sulfide) groups is 1. The minimum Gasteiger partial charge on any atom is -0.321 e. The summed E-state index contributed by atoms with van der Waals surface area (Å²) in [5.41, 5.74) is 2.29. The summed E-state index contributed by atoms with van der Waals surface area (Å²) in [6.07, 6.45) is 0. The maximum absolute atomic E-state index is 12.9. The molecule has 3 rings (SSSR count). The van der Waals surface area contributed by atoms with Crippen LogP contribution in [0.2, 0.25) is 0 Å². The van der Waals surface area contributed by atoms with Crippen molar-refractivity contribution in [1.29, 1.82) is 0 Å². The van der Waals surface area contributed by atoms with Gasteiger partial charge in [-0.3, -0.25) is 4.79 Å². The van der Waals surface area contributed by atoms with Crippen LogP contribution >= 0.6 is 23.1 Å². The minimum absolute atomic E-state index is 0.0230. The van der Waals surface area contributed by atoms with Crippen molar-refractivity contribution in [3.05, 3.63) is 46.3 Å². The number of benzene rings is 1. The first kappa shape index (κ1) is 21.4. The van der Waals surface area contributed by atoms with Gasteiger partial charge in [0.25, 0.3) is 15.9 Å². The Morgan fingerprint density at radius 1 is 1.11 bits per heavy atom. The van der Waals surface area contributed by atoms with Crippen LogP contribution in [0, 0.1) is 6.92 Å². The standard InChI is InChI=1S/C20H26N2O3S3/c1-14-17(13-18(27-14)28(24,25)22-9-11-26-12-10-22)21-19(23)15-5-7-16(8-6-15)20(2,3)4/h5-8,13H,9-12H2,1-4H3,(H,21,23). The van der Waals surface area contributed by atoms with Gasteiger partial charge in [0.1, 0.15) is 4.21 Å². The summed E-state index contributed by atoms with van der Waals surface area (Å²) < 4.78 is 27.5. The number of thiophene rings is 1. The molecule has 0 saturated carbocycles. The molecule has 8 heteroatoms. The first-order valence-electron chi connectivity index (χ1n) is 9.19. The Hall–Kier alpha value is -1.35. The van der Waals surface area contributed by atoms with E-state index in [1.54, 1.807) is 30.0 Å². The highest BCUT2D eigenvalue weighted by atomic mass is 32.2. The molecule has 1 N–H and O–H groups in total. The molecular formula is C20H26N2O3S3. The maximum atomic E-state index is 12.9. The Labute approximate surface area is 175 Å². The fourth-order valence-corrected chi connectivity index (χ4v) is 7.07. The molecule has 1 aliphatic heterocycles. The van der Waals surface area contributed by atoms with Gasteiger partial charge in [-0.25, -0.2) is 8.42 Å². The minimum atomic E-state index is -3.50. The van der Waals surface area contributed by atoms with Crippen molar-refractivity contribution in [3.8, 4) is 0 Å². The van der Waals surface area contributed by atoms with Gasteiger partial charge in [0.2, 0.25) is 0 Å². The number of rotatable bonds is 4. The first-order chi connectivity index (χ1) is 13.1. The van der Waals surface area contributed by atoms with Crippen LogP contribution in [0.1, 0.15) is 41.6 Å². The molecule has 0 unspecified atom stereocenters. The van der Waals surface area contributed by atoms with E-state index >= 15 is 0 Å². The van der Waals surface area contributed by atoms with Crippen LogP contribution in [-0.4, -0.2) is 43.2 Å². The van der Waals surface area contributed by atoms with Crippen LogP contribution < -0.4 is 5.32 Å². The van der Waals surface area contributed by atoms with Crippen molar-refractivity contribution in [2.24, 2.45) is 0 Å². The Bertz CT molecular complexity index is 952. The van der Waals surface area contributed by atoms with Crippen molar-refractivity contribution in [1.82, 2.24) is 4.31 Å². The Morgan fingerprint density at radius 3 is 2.29 bits per heavy atom. The zero-order valence-electron chi connectivity index (χ0n) is 16.6. The van der Waals surface area contributed by atoms with E-state index in [0.717, 1.165) is 21.9 Å². The van der Waals surface area contributed by atoms with Crippen molar-refractivity contribution in [3.63, 3.8) is 0 Å².